The molecule has 0 atom stereocenters. The summed E-state index contributed by atoms with van der Waals surface area (Å²) in [6.45, 7) is 3.05. The standard InChI is InChI=1S/C23H18ClN3OS2/c1-2-27-19-6-4-3-5-16(19)17-12-15(8-9-20(17)27)25-22(28)13-29-23-26-18-11-14(24)7-10-21(18)30-23/h3-12H,2,13H2,1H3,(H,25,28). The summed E-state index contributed by atoms with van der Waals surface area (Å²) in [5.41, 5.74) is 4.07. The number of hydrogen-bond donors (Lipinski definition) is 1. The second-order valence-electron chi connectivity index (χ2n) is 6.92. The number of carbonyl (C=O) groups is 1. The quantitative estimate of drug-likeness (QED) is 0.298. The lowest BCUT2D eigenvalue weighted by Gasteiger charge is -2.06. The molecule has 3 aromatic carbocycles. The number of para-hydroxylation sites is 1. The highest BCUT2D eigenvalue weighted by molar-refractivity contribution is 8.01. The molecule has 5 rings (SSSR count). The second kappa shape index (κ2) is 7.95. The number of amides is 1. The molecule has 1 N–H and O–H groups in total. The van der Waals surface area contributed by atoms with Crippen LogP contribution in [0.25, 0.3) is 32.0 Å². The third kappa shape index (κ3) is 3.55. The maximum Gasteiger partial charge on any atom is 0.234 e. The number of hydrogen-bond acceptors (Lipinski definition) is 4. The van der Waals surface area contributed by atoms with Crippen molar-refractivity contribution < 1.29 is 4.79 Å². The number of rotatable bonds is 5. The summed E-state index contributed by atoms with van der Waals surface area (Å²) >= 11 is 9.04. The number of fused-ring (bicyclic) bond motifs is 4. The Morgan fingerprint density at radius 3 is 2.80 bits per heavy atom. The van der Waals surface area contributed by atoms with Crippen LogP contribution in [0.2, 0.25) is 5.02 Å². The first-order chi connectivity index (χ1) is 14.6. The summed E-state index contributed by atoms with van der Waals surface area (Å²) in [6, 6.07) is 20.2. The zero-order valence-corrected chi connectivity index (χ0v) is 18.6. The first-order valence-corrected chi connectivity index (χ1v) is 11.8. The molecule has 4 nitrogen and oxygen atoms in total. The number of thiazole rings is 1. The summed E-state index contributed by atoms with van der Waals surface area (Å²) in [6.07, 6.45) is 0. The van der Waals surface area contributed by atoms with Crippen LogP contribution in [0.3, 0.4) is 0 Å². The number of benzene rings is 3. The van der Waals surface area contributed by atoms with Crippen LogP contribution >= 0.6 is 34.7 Å². The first-order valence-electron chi connectivity index (χ1n) is 9.62. The highest BCUT2D eigenvalue weighted by Crippen LogP contribution is 2.32. The van der Waals surface area contributed by atoms with Crippen molar-refractivity contribution in [2.24, 2.45) is 0 Å². The summed E-state index contributed by atoms with van der Waals surface area (Å²) in [7, 11) is 0. The minimum atomic E-state index is -0.0455. The van der Waals surface area contributed by atoms with E-state index < -0.39 is 0 Å². The largest absolute Gasteiger partial charge is 0.341 e. The Morgan fingerprint density at radius 1 is 1.10 bits per heavy atom. The van der Waals surface area contributed by atoms with Crippen LogP contribution < -0.4 is 5.32 Å². The van der Waals surface area contributed by atoms with Crippen molar-refractivity contribution in [3.8, 4) is 0 Å². The summed E-state index contributed by atoms with van der Waals surface area (Å²) in [5, 5.41) is 6.05. The minimum Gasteiger partial charge on any atom is -0.341 e. The Kier molecular flexibility index (Phi) is 5.15. The van der Waals surface area contributed by atoms with Gasteiger partial charge in [-0.3, -0.25) is 4.79 Å². The molecule has 0 aliphatic heterocycles. The third-order valence-electron chi connectivity index (χ3n) is 5.03. The lowest BCUT2D eigenvalue weighted by atomic mass is 10.1. The molecule has 0 saturated carbocycles. The van der Waals surface area contributed by atoms with Crippen molar-refractivity contribution in [2.75, 3.05) is 11.1 Å². The number of carbonyl (C=O) groups excluding carboxylic acids is 1. The molecule has 2 aromatic heterocycles. The highest BCUT2D eigenvalue weighted by atomic mass is 35.5. The Morgan fingerprint density at radius 2 is 1.93 bits per heavy atom. The number of halogens is 1. The van der Waals surface area contributed by atoms with Crippen molar-refractivity contribution >= 4 is 78.3 Å². The predicted octanol–water partition coefficient (Wildman–Crippen LogP) is 6.81. The number of nitrogens with one attached hydrogen (secondary N) is 1. The Hall–Kier alpha value is -2.54. The normalized spacial score (nSPS) is 11.5. The van der Waals surface area contributed by atoms with Crippen LogP contribution in [0.4, 0.5) is 5.69 Å². The van der Waals surface area contributed by atoms with E-state index in [1.807, 2.05) is 24.3 Å². The fraction of sp³-hybridized carbons (Fsp3) is 0.130. The van der Waals surface area contributed by atoms with Crippen LogP contribution in [0, 0.1) is 0 Å². The first kappa shape index (κ1) is 19.4. The fourth-order valence-corrected chi connectivity index (χ4v) is 5.75. The van der Waals surface area contributed by atoms with Gasteiger partial charge in [0.05, 0.1) is 16.0 Å². The zero-order valence-electron chi connectivity index (χ0n) is 16.2. The van der Waals surface area contributed by atoms with Crippen molar-refractivity contribution in [1.29, 1.82) is 0 Å². The fourth-order valence-electron chi connectivity index (χ4n) is 3.74. The van der Waals surface area contributed by atoms with E-state index in [-0.39, 0.29) is 5.91 Å². The maximum absolute atomic E-state index is 12.5. The Bertz CT molecular complexity index is 1410. The van der Waals surface area contributed by atoms with Crippen molar-refractivity contribution in [2.45, 2.75) is 17.8 Å². The van der Waals surface area contributed by atoms with Gasteiger partial charge in [-0.2, -0.15) is 0 Å². The van der Waals surface area contributed by atoms with E-state index in [0.29, 0.717) is 10.8 Å². The predicted molar refractivity (Wildman–Crippen MR) is 129 cm³/mol. The minimum absolute atomic E-state index is 0.0455. The molecule has 0 unspecified atom stereocenters. The molecule has 0 spiro atoms. The average Bonchev–Trinajstić information content (AvgIpc) is 3.30. The molecule has 5 aromatic rings. The molecule has 1 amide bonds. The lowest BCUT2D eigenvalue weighted by molar-refractivity contribution is -0.113. The molecule has 7 heteroatoms. The van der Waals surface area contributed by atoms with Crippen LogP contribution in [-0.2, 0) is 11.3 Å². The van der Waals surface area contributed by atoms with Crippen LogP contribution in [0.1, 0.15) is 6.92 Å². The van der Waals surface area contributed by atoms with Gasteiger partial charge in [-0.05, 0) is 49.4 Å². The van der Waals surface area contributed by atoms with E-state index in [1.165, 1.54) is 28.2 Å². The second-order valence-corrected chi connectivity index (χ2v) is 9.61. The van der Waals surface area contributed by atoms with E-state index in [2.05, 4.69) is 58.2 Å². The van der Waals surface area contributed by atoms with Gasteiger partial charge in [0, 0.05) is 39.1 Å². The molecule has 0 radical (unpaired) electrons. The van der Waals surface area contributed by atoms with E-state index in [4.69, 9.17) is 11.6 Å². The highest BCUT2D eigenvalue weighted by Gasteiger charge is 2.12. The number of nitrogens with zero attached hydrogens (tertiary/aromatic N) is 2. The molecule has 0 fully saturated rings. The van der Waals surface area contributed by atoms with E-state index in [1.54, 1.807) is 11.3 Å². The molecule has 150 valence electrons. The Labute approximate surface area is 186 Å². The number of thioether (sulfide) groups is 1. The van der Waals surface area contributed by atoms with E-state index in [9.17, 15) is 4.79 Å². The molecular formula is C23H18ClN3OS2. The van der Waals surface area contributed by atoms with Gasteiger partial charge in [0.15, 0.2) is 4.34 Å². The number of anilines is 1. The SMILES string of the molecule is CCn1c2ccccc2c2cc(NC(=O)CSc3nc4cc(Cl)ccc4s3)ccc21. The van der Waals surface area contributed by atoms with Gasteiger partial charge in [0.2, 0.25) is 5.91 Å². The van der Waals surface area contributed by atoms with Gasteiger partial charge in [-0.15, -0.1) is 11.3 Å². The lowest BCUT2D eigenvalue weighted by Crippen LogP contribution is -2.13. The van der Waals surface area contributed by atoms with Crippen LogP contribution in [0.5, 0.6) is 0 Å². The van der Waals surface area contributed by atoms with Gasteiger partial charge < -0.3 is 9.88 Å². The smallest absolute Gasteiger partial charge is 0.234 e. The molecule has 30 heavy (non-hydrogen) atoms. The van der Waals surface area contributed by atoms with Gasteiger partial charge in [0.1, 0.15) is 0 Å². The Balaban J connectivity index is 1.34. The van der Waals surface area contributed by atoms with Crippen molar-refractivity contribution in [1.82, 2.24) is 9.55 Å². The molecule has 0 saturated heterocycles. The monoisotopic (exact) mass is 451 g/mol. The topological polar surface area (TPSA) is 46.9 Å². The van der Waals surface area contributed by atoms with E-state index in [0.717, 1.165) is 32.2 Å². The summed E-state index contributed by atoms with van der Waals surface area (Å²) < 4.78 is 4.23. The summed E-state index contributed by atoms with van der Waals surface area (Å²) in [4.78, 5) is 17.1. The molecule has 0 bridgehead atoms. The maximum atomic E-state index is 12.5. The zero-order chi connectivity index (χ0) is 20.7. The van der Waals surface area contributed by atoms with Gasteiger partial charge in [-0.25, -0.2) is 4.98 Å². The summed E-state index contributed by atoms with van der Waals surface area (Å²) in [5.74, 6) is 0.262. The van der Waals surface area contributed by atoms with Gasteiger partial charge >= 0.3 is 0 Å². The number of aryl methyl sites for hydroxylation is 1. The van der Waals surface area contributed by atoms with Crippen LogP contribution in [-0.4, -0.2) is 21.2 Å². The van der Waals surface area contributed by atoms with E-state index >= 15 is 0 Å². The molecule has 0 aliphatic rings. The number of aromatic nitrogens is 2. The van der Waals surface area contributed by atoms with Crippen molar-refractivity contribution in [3.05, 3.63) is 65.7 Å². The molecular weight excluding hydrogens is 434 g/mol. The molecule has 2 heterocycles. The average molecular weight is 452 g/mol. The van der Waals surface area contributed by atoms with Crippen LogP contribution in [0.15, 0.2) is 65.0 Å². The van der Waals surface area contributed by atoms with Gasteiger partial charge in [-0.1, -0.05) is 41.6 Å². The third-order valence-corrected chi connectivity index (χ3v) is 7.44. The van der Waals surface area contributed by atoms with Crippen molar-refractivity contribution in [3.63, 3.8) is 0 Å². The molecule has 0 aliphatic carbocycles. The van der Waals surface area contributed by atoms with Gasteiger partial charge in [0.25, 0.3) is 0 Å².